The summed E-state index contributed by atoms with van der Waals surface area (Å²) >= 11 is 3.50. The highest BCUT2D eigenvalue weighted by molar-refractivity contribution is 9.09. The number of rotatable bonds is 9. The van der Waals surface area contributed by atoms with Crippen molar-refractivity contribution in [2.24, 2.45) is 11.8 Å². The van der Waals surface area contributed by atoms with Crippen LogP contribution in [0.3, 0.4) is 0 Å². The van der Waals surface area contributed by atoms with Gasteiger partial charge in [0.15, 0.2) is 9.84 Å². The lowest BCUT2D eigenvalue weighted by Crippen LogP contribution is -2.18. The van der Waals surface area contributed by atoms with Crippen molar-refractivity contribution in [2.75, 3.05) is 43.8 Å². The second-order valence-corrected chi connectivity index (χ2v) is 7.70. The lowest BCUT2D eigenvalue weighted by Gasteiger charge is -2.19. The van der Waals surface area contributed by atoms with E-state index in [0.29, 0.717) is 36.6 Å². The summed E-state index contributed by atoms with van der Waals surface area (Å²) < 4.78 is 33.2. The van der Waals surface area contributed by atoms with E-state index in [0.717, 1.165) is 31.2 Å². The average Bonchev–Trinajstić information content (AvgIpc) is 2.69. The molecule has 1 saturated heterocycles. The molecule has 0 spiro atoms. The van der Waals surface area contributed by atoms with Crippen LogP contribution in [0.5, 0.6) is 0 Å². The normalized spacial score (nSPS) is 24.2. The molecular formula is C12H23BrO4S. The van der Waals surface area contributed by atoms with Gasteiger partial charge in [-0.25, -0.2) is 8.42 Å². The number of halogens is 1. The number of sulfone groups is 1. The average molecular weight is 343 g/mol. The van der Waals surface area contributed by atoms with Gasteiger partial charge in [0.05, 0.1) is 24.7 Å². The van der Waals surface area contributed by atoms with Crippen LogP contribution in [0.2, 0.25) is 0 Å². The number of hydrogen-bond acceptors (Lipinski definition) is 4. The molecule has 1 aliphatic rings. The molecule has 0 bridgehead atoms. The van der Waals surface area contributed by atoms with Crippen molar-refractivity contribution in [3.05, 3.63) is 0 Å². The van der Waals surface area contributed by atoms with Gasteiger partial charge in [0, 0.05) is 19.0 Å². The largest absolute Gasteiger partial charge is 0.382 e. The van der Waals surface area contributed by atoms with Crippen LogP contribution in [0.1, 0.15) is 19.3 Å². The number of ether oxygens (including phenoxy) is 2. The minimum absolute atomic E-state index is 0.327. The first-order chi connectivity index (χ1) is 8.59. The summed E-state index contributed by atoms with van der Waals surface area (Å²) in [6.45, 7) is 1.99. The summed E-state index contributed by atoms with van der Waals surface area (Å²) in [4.78, 5) is 0. The highest BCUT2D eigenvalue weighted by Crippen LogP contribution is 2.30. The van der Waals surface area contributed by atoms with E-state index in [1.54, 1.807) is 7.11 Å². The van der Waals surface area contributed by atoms with Gasteiger partial charge in [-0.05, 0) is 31.1 Å². The van der Waals surface area contributed by atoms with Gasteiger partial charge in [0.2, 0.25) is 0 Å². The maximum absolute atomic E-state index is 11.5. The molecule has 2 unspecified atom stereocenters. The van der Waals surface area contributed by atoms with Crippen LogP contribution >= 0.6 is 15.9 Å². The van der Waals surface area contributed by atoms with E-state index in [2.05, 4.69) is 15.9 Å². The van der Waals surface area contributed by atoms with E-state index in [9.17, 15) is 8.42 Å². The fraction of sp³-hybridized carbons (Fsp3) is 1.00. The summed E-state index contributed by atoms with van der Waals surface area (Å²) in [7, 11) is -1.10. The fourth-order valence-electron chi connectivity index (χ4n) is 2.33. The van der Waals surface area contributed by atoms with E-state index in [-0.39, 0.29) is 0 Å². The SMILES string of the molecule is COCCOCCCC(CBr)C1CCS(=O)(=O)C1. The van der Waals surface area contributed by atoms with Crippen molar-refractivity contribution < 1.29 is 17.9 Å². The second-order valence-electron chi connectivity index (χ2n) is 4.82. The molecule has 0 aromatic heterocycles. The molecule has 0 aromatic rings. The molecule has 0 N–H and O–H groups in total. The summed E-state index contributed by atoms with van der Waals surface area (Å²) in [5, 5.41) is 0.880. The standard InChI is InChI=1S/C12H23BrO4S/c1-16-6-7-17-5-2-3-11(9-13)12-4-8-18(14,15)10-12/h11-12H,2-10H2,1H3. The third-order valence-corrected chi connectivity index (χ3v) is 6.05. The second kappa shape index (κ2) is 8.51. The van der Waals surface area contributed by atoms with Crippen LogP contribution < -0.4 is 0 Å². The van der Waals surface area contributed by atoms with Crippen LogP contribution in [0.25, 0.3) is 0 Å². The third-order valence-electron chi connectivity index (χ3n) is 3.43. The Morgan fingerprint density at radius 1 is 1.33 bits per heavy atom. The zero-order valence-corrected chi connectivity index (χ0v) is 13.3. The Balaban J connectivity index is 2.18. The molecule has 1 rings (SSSR count). The van der Waals surface area contributed by atoms with Gasteiger partial charge in [-0.2, -0.15) is 0 Å². The summed E-state index contributed by atoms with van der Waals surface area (Å²) in [6, 6.07) is 0. The number of hydrogen-bond donors (Lipinski definition) is 0. The van der Waals surface area contributed by atoms with Crippen molar-refractivity contribution in [1.82, 2.24) is 0 Å². The highest BCUT2D eigenvalue weighted by Gasteiger charge is 2.32. The molecule has 0 aliphatic carbocycles. The van der Waals surface area contributed by atoms with Gasteiger partial charge in [0.1, 0.15) is 0 Å². The first-order valence-corrected chi connectivity index (χ1v) is 9.36. The van der Waals surface area contributed by atoms with Crippen molar-refractivity contribution in [3.63, 3.8) is 0 Å². The molecule has 0 aromatic carbocycles. The molecule has 1 fully saturated rings. The van der Waals surface area contributed by atoms with E-state index in [1.165, 1.54) is 0 Å². The van der Waals surface area contributed by atoms with Crippen molar-refractivity contribution in [3.8, 4) is 0 Å². The molecule has 0 amide bonds. The molecule has 1 aliphatic heterocycles. The van der Waals surface area contributed by atoms with E-state index in [1.807, 2.05) is 0 Å². The molecule has 108 valence electrons. The molecule has 2 atom stereocenters. The minimum atomic E-state index is -2.76. The van der Waals surface area contributed by atoms with E-state index < -0.39 is 9.84 Å². The highest BCUT2D eigenvalue weighted by atomic mass is 79.9. The summed E-state index contributed by atoms with van der Waals surface area (Å²) in [5.74, 6) is 1.51. The van der Waals surface area contributed by atoms with Gasteiger partial charge >= 0.3 is 0 Å². The lowest BCUT2D eigenvalue weighted by molar-refractivity contribution is 0.0667. The lowest BCUT2D eigenvalue weighted by atomic mass is 9.90. The monoisotopic (exact) mass is 342 g/mol. The maximum Gasteiger partial charge on any atom is 0.150 e. The summed E-state index contributed by atoms with van der Waals surface area (Å²) in [5.41, 5.74) is 0. The van der Waals surface area contributed by atoms with Gasteiger partial charge in [0.25, 0.3) is 0 Å². The zero-order chi connectivity index (χ0) is 13.4. The Bertz CT molecular complexity index is 318. The first-order valence-electron chi connectivity index (χ1n) is 6.42. The smallest absolute Gasteiger partial charge is 0.150 e. The van der Waals surface area contributed by atoms with Crippen molar-refractivity contribution >= 4 is 25.8 Å². The molecular weight excluding hydrogens is 320 g/mol. The Labute approximate surface area is 118 Å². The third kappa shape index (κ3) is 5.99. The molecule has 4 nitrogen and oxygen atoms in total. The predicted octanol–water partition coefficient (Wildman–Crippen LogP) is 1.88. The van der Waals surface area contributed by atoms with Crippen LogP contribution in [-0.4, -0.2) is 52.2 Å². The number of methoxy groups -OCH3 is 1. The maximum atomic E-state index is 11.5. The predicted molar refractivity (Wildman–Crippen MR) is 76.0 cm³/mol. The quantitative estimate of drug-likeness (QED) is 0.474. The van der Waals surface area contributed by atoms with Crippen LogP contribution in [0.15, 0.2) is 0 Å². The minimum Gasteiger partial charge on any atom is -0.382 e. The zero-order valence-electron chi connectivity index (χ0n) is 10.9. The van der Waals surface area contributed by atoms with E-state index >= 15 is 0 Å². The Kier molecular flexibility index (Phi) is 7.75. The Morgan fingerprint density at radius 3 is 2.67 bits per heavy atom. The number of alkyl halides is 1. The summed E-state index contributed by atoms with van der Waals surface area (Å²) in [6.07, 6.45) is 2.83. The molecule has 1 heterocycles. The van der Waals surface area contributed by atoms with Crippen molar-refractivity contribution in [1.29, 1.82) is 0 Å². The fourth-order valence-corrected chi connectivity index (χ4v) is 5.10. The topological polar surface area (TPSA) is 52.6 Å². The van der Waals surface area contributed by atoms with Crippen LogP contribution in [-0.2, 0) is 19.3 Å². The van der Waals surface area contributed by atoms with E-state index in [4.69, 9.17) is 9.47 Å². The molecule has 0 radical (unpaired) electrons. The molecule has 0 saturated carbocycles. The Morgan fingerprint density at radius 2 is 2.11 bits per heavy atom. The van der Waals surface area contributed by atoms with Crippen molar-refractivity contribution in [2.45, 2.75) is 19.3 Å². The first kappa shape index (κ1) is 16.4. The van der Waals surface area contributed by atoms with Crippen LogP contribution in [0, 0.1) is 11.8 Å². The van der Waals surface area contributed by atoms with Gasteiger partial charge in [-0.3, -0.25) is 0 Å². The van der Waals surface area contributed by atoms with Crippen LogP contribution in [0.4, 0.5) is 0 Å². The Hall–Kier alpha value is 0.350. The van der Waals surface area contributed by atoms with Gasteiger partial charge in [-0.1, -0.05) is 15.9 Å². The van der Waals surface area contributed by atoms with Gasteiger partial charge in [-0.15, -0.1) is 0 Å². The van der Waals surface area contributed by atoms with Gasteiger partial charge < -0.3 is 9.47 Å². The molecule has 18 heavy (non-hydrogen) atoms. The molecule has 6 heteroatoms.